The maximum atomic E-state index is 4.59. The molecule has 0 bridgehead atoms. The van der Waals surface area contributed by atoms with Crippen LogP contribution >= 0.6 is 11.8 Å². The molecular formula is C44H66N14S. The summed E-state index contributed by atoms with van der Waals surface area (Å²) >= 11 is 1.78. The van der Waals surface area contributed by atoms with Crippen LogP contribution in [0.15, 0.2) is 65.8 Å². The van der Waals surface area contributed by atoms with E-state index in [-0.39, 0.29) is 0 Å². The van der Waals surface area contributed by atoms with Crippen molar-refractivity contribution in [2.75, 3.05) is 53.7 Å². The maximum absolute atomic E-state index is 4.59. The third-order valence-corrected chi connectivity index (χ3v) is 9.93. The monoisotopic (exact) mass is 823 g/mol. The fourth-order valence-electron chi connectivity index (χ4n) is 5.93. The van der Waals surface area contributed by atoms with E-state index >= 15 is 0 Å². The average molecular weight is 823 g/mol. The molecule has 0 aliphatic rings. The topological polar surface area (TPSA) is 176 Å². The Balaban J connectivity index is 0.000000289. The SMILES string of the molecule is CCCCCCCCCCSc1nc(C)nc(CCCNC)n1.CCCCNc1nc(NCCCc2nc(C)nc(Nc3ccccc3)n2)nc(Nc2ccccc2)n1. The second-order valence-electron chi connectivity index (χ2n) is 14.3. The van der Waals surface area contributed by atoms with Crippen LogP contribution in [-0.2, 0) is 12.8 Å². The molecule has 14 nitrogen and oxygen atoms in total. The Kier molecular flexibility index (Phi) is 22.5. The summed E-state index contributed by atoms with van der Waals surface area (Å²) in [6.45, 7) is 10.7. The Morgan fingerprint density at radius 3 is 1.54 bits per heavy atom. The molecule has 0 saturated carbocycles. The molecule has 3 heterocycles. The van der Waals surface area contributed by atoms with Gasteiger partial charge in [-0.15, -0.1) is 0 Å². The number of hydrogen-bond acceptors (Lipinski definition) is 15. The van der Waals surface area contributed by atoms with Crippen molar-refractivity contribution < 1.29 is 0 Å². The van der Waals surface area contributed by atoms with Crippen LogP contribution in [0.1, 0.15) is 114 Å². The van der Waals surface area contributed by atoms with Crippen LogP contribution in [0.25, 0.3) is 0 Å². The fraction of sp³-hybridized carbons (Fsp3) is 0.523. The smallest absolute Gasteiger partial charge is 0.233 e. The van der Waals surface area contributed by atoms with Gasteiger partial charge in [-0.1, -0.05) is 113 Å². The number of nitrogens with one attached hydrogen (secondary N) is 5. The number of aryl methyl sites for hydroxylation is 4. The summed E-state index contributed by atoms with van der Waals surface area (Å²) in [5.41, 5.74) is 1.85. The van der Waals surface area contributed by atoms with E-state index in [2.05, 4.69) is 85.3 Å². The Bertz CT molecular complexity index is 1870. The van der Waals surface area contributed by atoms with Gasteiger partial charge in [-0.05, 0) is 77.4 Å². The van der Waals surface area contributed by atoms with Gasteiger partial charge < -0.3 is 26.6 Å². The summed E-state index contributed by atoms with van der Waals surface area (Å²) in [7, 11) is 1.98. The lowest BCUT2D eigenvalue weighted by Crippen LogP contribution is -2.13. The first kappa shape index (κ1) is 46.7. The van der Waals surface area contributed by atoms with Crippen molar-refractivity contribution in [3.63, 3.8) is 0 Å². The Labute approximate surface area is 356 Å². The molecule has 59 heavy (non-hydrogen) atoms. The van der Waals surface area contributed by atoms with Gasteiger partial charge in [0.2, 0.25) is 23.8 Å². The minimum Gasteiger partial charge on any atom is -0.354 e. The van der Waals surface area contributed by atoms with Crippen molar-refractivity contribution in [1.82, 2.24) is 50.2 Å². The molecule has 0 spiro atoms. The lowest BCUT2D eigenvalue weighted by molar-refractivity contribution is 0.586. The molecule has 5 rings (SSSR count). The van der Waals surface area contributed by atoms with E-state index in [1.54, 1.807) is 11.8 Å². The number of rotatable bonds is 27. The highest BCUT2D eigenvalue weighted by atomic mass is 32.2. The zero-order valence-electron chi connectivity index (χ0n) is 35.9. The van der Waals surface area contributed by atoms with Gasteiger partial charge in [0.05, 0.1) is 0 Å². The van der Waals surface area contributed by atoms with Crippen LogP contribution in [0.5, 0.6) is 0 Å². The number of benzene rings is 2. The molecule has 0 aliphatic carbocycles. The van der Waals surface area contributed by atoms with E-state index < -0.39 is 0 Å². The molecule has 0 unspecified atom stereocenters. The van der Waals surface area contributed by atoms with Gasteiger partial charge >= 0.3 is 0 Å². The van der Waals surface area contributed by atoms with Gasteiger partial charge in [0.25, 0.3) is 0 Å². The first-order valence-corrected chi connectivity index (χ1v) is 22.5. The van der Waals surface area contributed by atoms with Gasteiger partial charge in [0.15, 0.2) is 5.16 Å². The van der Waals surface area contributed by atoms with Crippen molar-refractivity contribution in [2.24, 2.45) is 0 Å². The van der Waals surface area contributed by atoms with E-state index in [1.807, 2.05) is 81.6 Å². The van der Waals surface area contributed by atoms with Crippen LogP contribution in [-0.4, -0.2) is 77.3 Å². The minimum absolute atomic E-state index is 0.488. The number of hydrogen-bond donors (Lipinski definition) is 5. The third kappa shape index (κ3) is 20.0. The average Bonchev–Trinajstić information content (AvgIpc) is 3.23. The summed E-state index contributed by atoms with van der Waals surface area (Å²) < 4.78 is 0. The van der Waals surface area contributed by atoms with Crippen LogP contribution in [0, 0.1) is 13.8 Å². The second kappa shape index (κ2) is 28.4. The summed E-state index contributed by atoms with van der Waals surface area (Å²) in [6, 6.07) is 19.7. The van der Waals surface area contributed by atoms with Crippen LogP contribution in [0.4, 0.5) is 35.2 Å². The van der Waals surface area contributed by atoms with Gasteiger partial charge in [-0.3, -0.25) is 0 Å². The molecule has 0 atom stereocenters. The van der Waals surface area contributed by atoms with E-state index in [1.165, 1.54) is 51.4 Å². The highest BCUT2D eigenvalue weighted by Crippen LogP contribution is 2.19. The normalized spacial score (nSPS) is 10.8. The summed E-state index contributed by atoms with van der Waals surface area (Å²) in [5.74, 6) is 6.42. The standard InChI is InChI=1S/C26H32N10.C18H34N4S/c1-3-4-17-27-23-34-24(36-26(35-23)32-21-14-9-6-10-15-21)28-18-11-16-22-29-19(2)30-25(33-22)31-20-12-7-5-8-13-20;1-4-5-6-7-8-9-10-11-15-23-18-21-16(2)20-17(22-18)13-12-14-19-3/h5-10,12-15H,3-4,11,16-18H2,1-2H3,(H,29,30,31,33)(H3,27,28,32,34,35,36);19H,4-15H2,1-3H3. The Morgan fingerprint density at radius 1 is 0.458 bits per heavy atom. The molecule has 2 aromatic carbocycles. The van der Waals surface area contributed by atoms with Crippen molar-refractivity contribution >= 4 is 46.9 Å². The number of nitrogens with zero attached hydrogens (tertiary/aromatic N) is 9. The molecule has 318 valence electrons. The predicted molar refractivity (Wildman–Crippen MR) is 244 cm³/mol. The lowest BCUT2D eigenvalue weighted by Gasteiger charge is -2.11. The number of aromatic nitrogens is 9. The molecule has 5 aromatic rings. The van der Waals surface area contributed by atoms with E-state index in [4.69, 9.17) is 0 Å². The molecule has 5 N–H and O–H groups in total. The number of unbranched alkanes of at least 4 members (excludes halogenated alkanes) is 8. The van der Waals surface area contributed by atoms with E-state index in [0.29, 0.717) is 42.6 Å². The van der Waals surface area contributed by atoms with E-state index in [9.17, 15) is 0 Å². The number of thioether (sulfide) groups is 1. The minimum atomic E-state index is 0.488. The Morgan fingerprint density at radius 2 is 0.949 bits per heavy atom. The summed E-state index contributed by atoms with van der Waals surface area (Å²) in [4.78, 5) is 40.5. The fourth-order valence-corrected chi connectivity index (χ4v) is 6.83. The highest BCUT2D eigenvalue weighted by molar-refractivity contribution is 7.99. The highest BCUT2D eigenvalue weighted by Gasteiger charge is 2.09. The second-order valence-corrected chi connectivity index (χ2v) is 15.4. The predicted octanol–water partition coefficient (Wildman–Crippen LogP) is 9.67. The van der Waals surface area contributed by atoms with Crippen LogP contribution in [0.3, 0.4) is 0 Å². The summed E-state index contributed by atoms with van der Waals surface area (Å²) in [5, 5.41) is 17.1. The van der Waals surface area contributed by atoms with E-state index in [0.717, 1.165) is 85.0 Å². The number of para-hydroxylation sites is 2. The quantitative estimate of drug-likeness (QED) is 0.0250. The summed E-state index contributed by atoms with van der Waals surface area (Å²) in [6.07, 6.45) is 16.5. The van der Waals surface area contributed by atoms with Gasteiger partial charge in [-0.25, -0.2) is 19.9 Å². The first-order chi connectivity index (χ1) is 28.9. The zero-order valence-corrected chi connectivity index (χ0v) is 36.8. The zero-order chi connectivity index (χ0) is 41.8. The third-order valence-electron chi connectivity index (χ3n) is 8.99. The van der Waals surface area contributed by atoms with Gasteiger partial charge in [-0.2, -0.15) is 24.9 Å². The maximum Gasteiger partial charge on any atom is 0.233 e. The van der Waals surface area contributed by atoms with Crippen molar-refractivity contribution in [3.8, 4) is 0 Å². The largest absolute Gasteiger partial charge is 0.354 e. The molecule has 0 amide bonds. The molecule has 0 saturated heterocycles. The van der Waals surface area contributed by atoms with Crippen molar-refractivity contribution in [2.45, 2.75) is 123 Å². The van der Waals surface area contributed by atoms with Gasteiger partial charge in [0, 0.05) is 43.1 Å². The molecule has 0 radical (unpaired) electrons. The number of anilines is 6. The molecule has 15 heteroatoms. The van der Waals surface area contributed by atoms with Gasteiger partial charge in [0.1, 0.15) is 23.3 Å². The van der Waals surface area contributed by atoms with Crippen LogP contribution in [0.2, 0.25) is 0 Å². The molecule has 0 aliphatic heterocycles. The van der Waals surface area contributed by atoms with Crippen LogP contribution < -0.4 is 26.6 Å². The molecular weight excluding hydrogens is 757 g/mol. The first-order valence-electron chi connectivity index (χ1n) is 21.5. The lowest BCUT2D eigenvalue weighted by atomic mass is 10.1. The Hall–Kier alpha value is -5.02. The molecule has 3 aromatic heterocycles. The molecule has 0 fully saturated rings. The van der Waals surface area contributed by atoms with Crippen molar-refractivity contribution in [1.29, 1.82) is 0 Å². The van der Waals surface area contributed by atoms with Crippen molar-refractivity contribution in [3.05, 3.63) is 84.0 Å².